The van der Waals surface area contributed by atoms with Crippen molar-refractivity contribution in [3.05, 3.63) is 76.8 Å². The predicted molar refractivity (Wildman–Crippen MR) is 140 cm³/mol. The fraction of sp³-hybridized carbons (Fsp3) is 0.208. The van der Waals surface area contributed by atoms with Gasteiger partial charge in [-0.3, -0.25) is 14.2 Å². The lowest BCUT2D eigenvalue weighted by atomic mass is 10.1. The lowest BCUT2D eigenvalue weighted by Crippen LogP contribution is -2.28. The first-order valence-corrected chi connectivity index (χ1v) is 14.7. The van der Waals surface area contributed by atoms with Crippen LogP contribution in [0.4, 0.5) is 11.4 Å². The molecule has 3 aromatic carbocycles. The van der Waals surface area contributed by atoms with Crippen LogP contribution < -0.4 is 14.2 Å². The van der Waals surface area contributed by atoms with Gasteiger partial charge in [0, 0.05) is 28.9 Å². The molecule has 0 bridgehead atoms. The van der Waals surface area contributed by atoms with E-state index in [1.54, 1.807) is 29.2 Å². The Morgan fingerprint density at radius 1 is 0.806 bits per heavy atom. The van der Waals surface area contributed by atoms with Gasteiger partial charge in [-0.2, -0.15) is 0 Å². The molecular weight excluding hydrogens is 570 g/mol. The van der Waals surface area contributed by atoms with Crippen LogP contribution in [-0.2, 0) is 20.0 Å². The van der Waals surface area contributed by atoms with E-state index < -0.39 is 20.0 Å². The topological polar surface area (TPSA) is 122 Å². The van der Waals surface area contributed by atoms with Crippen molar-refractivity contribution in [2.45, 2.75) is 22.6 Å². The molecule has 1 aliphatic heterocycles. The second-order valence-electron chi connectivity index (χ2n) is 8.10. The number of carbonyl (C=O) groups excluding carboxylic acids is 1. The molecule has 0 atom stereocenters. The van der Waals surface area contributed by atoms with E-state index in [1.165, 1.54) is 49.6 Å². The summed E-state index contributed by atoms with van der Waals surface area (Å²) in [5, 5.41) is 0. The number of hydrogen-bond acceptors (Lipinski definition) is 6. The van der Waals surface area contributed by atoms with Gasteiger partial charge >= 0.3 is 0 Å². The first-order chi connectivity index (χ1) is 17.1. The Bertz CT molecular complexity index is 1470. The van der Waals surface area contributed by atoms with E-state index >= 15 is 0 Å². The molecule has 36 heavy (non-hydrogen) atoms. The molecule has 0 aliphatic carbocycles. The van der Waals surface area contributed by atoms with Gasteiger partial charge in [0.25, 0.3) is 26.0 Å². The molecule has 1 heterocycles. The monoisotopic (exact) mass is 593 g/mol. The number of carbonyl (C=O) groups is 1. The number of halogens is 1. The maximum absolute atomic E-state index is 13.0. The van der Waals surface area contributed by atoms with E-state index in [9.17, 15) is 21.6 Å². The summed E-state index contributed by atoms with van der Waals surface area (Å²) in [7, 11) is -6.51. The lowest BCUT2D eigenvalue weighted by molar-refractivity contribution is 0.0789. The molecule has 1 aliphatic rings. The van der Waals surface area contributed by atoms with Gasteiger partial charge in [0.15, 0.2) is 0 Å². The molecule has 0 radical (unpaired) electrons. The summed E-state index contributed by atoms with van der Waals surface area (Å²) in [5.41, 5.74) is 0.727. The summed E-state index contributed by atoms with van der Waals surface area (Å²) >= 11 is 3.29. The van der Waals surface area contributed by atoms with Gasteiger partial charge in [-0.05, 0) is 79.6 Å². The van der Waals surface area contributed by atoms with Crippen molar-refractivity contribution in [1.82, 2.24) is 4.90 Å². The van der Waals surface area contributed by atoms with Crippen LogP contribution in [0.15, 0.2) is 81.0 Å². The van der Waals surface area contributed by atoms with Crippen LogP contribution in [0.3, 0.4) is 0 Å². The number of hydrogen-bond donors (Lipinski definition) is 2. The van der Waals surface area contributed by atoms with Crippen LogP contribution >= 0.6 is 15.9 Å². The average molecular weight is 595 g/mol. The number of anilines is 2. The van der Waals surface area contributed by atoms with Crippen LogP contribution in [0.5, 0.6) is 5.75 Å². The van der Waals surface area contributed by atoms with E-state index in [2.05, 4.69) is 25.4 Å². The Morgan fingerprint density at radius 2 is 1.31 bits per heavy atom. The van der Waals surface area contributed by atoms with Crippen molar-refractivity contribution in [3.63, 3.8) is 0 Å². The van der Waals surface area contributed by atoms with Gasteiger partial charge in [-0.15, -0.1) is 0 Å². The Hall–Kier alpha value is -3.09. The highest BCUT2D eigenvalue weighted by atomic mass is 79.9. The molecule has 12 heteroatoms. The smallest absolute Gasteiger partial charge is 0.261 e. The molecule has 4 rings (SSSR count). The minimum absolute atomic E-state index is 0.0312. The van der Waals surface area contributed by atoms with Crippen molar-refractivity contribution >= 4 is 53.3 Å². The molecule has 1 saturated heterocycles. The van der Waals surface area contributed by atoms with E-state index in [4.69, 9.17) is 4.74 Å². The third-order valence-electron chi connectivity index (χ3n) is 5.62. The zero-order valence-electron chi connectivity index (χ0n) is 19.3. The average Bonchev–Trinajstić information content (AvgIpc) is 3.40. The molecule has 2 N–H and O–H groups in total. The van der Waals surface area contributed by atoms with Crippen LogP contribution in [0.2, 0.25) is 0 Å². The summed E-state index contributed by atoms with van der Waals surface area (Å²) in [6.07, 6.45) is 1.80. The summed E-state index contributed by atoms with van der Waals surface area (Å²) in [4.78, 5) is 14.4. The van der Waals surface area contributed by atoms with E-state index in [0.29, 0.717) is 24.5 Å². The molecule has 0 aromatic heterocycles. The van der Waals surface area contributed by atoms with Crippen molar-refractivity contribution < 1.29 is 26.4 Å². The van der Waals surface area contributed by atoms with E-state index in [0.717, 1.165) is 17.3 Å². The first kappa shape index (κ1) is 26.0. The number of nitrogens with zero attached hydrogens (tertiary/aromatic N) is 1. The van der Waals surface area contributed by atoms with Crippen molar-refractivity contribution in [1.29, 1.82) is 0 Å². The van der Waals surface area contributed by atoms with E-state index in [1.807, 2.05) is 0 Å². The zero-order chi connectivity index (χ0) is 25.9. The Labute approximate surface area is 218 Å². The van der Waals surface area contributed by atoms with Gasteiger partial charge in [-0.25, -0.2) is 16.8 Å². The first-order valence-electron chi connectivity index (χ1n) is 11.0. The van der Waals surface area contributed by atoms with Gasteiger partial charge in [0.2, 0.25) is 0 Å². The second kappa shape index (κ2) is 10.5. The predicted octanol–water partition coefficient (Wildman–Crippen LogP) is 4.30. The quantitative estimate of drug-likeness (QED) is 0.401. The Balaban J connectivity index is 1.53. The number of likely N-dealkylation sites (tertiary alicyclic amines) is 1. The van der Waals surface area contributed by atoms with Gasteiger partial charge in [0.1, 0.15) is 5.75 Å². The van der Waals surface area contributed by atoms with Crippen molar-refractivity contribution in [3.8, 4) is 5.75 Å². The van der Waals surface area contributed by atoms with Crippen molar-refractivity contribution in [2.24, 2.45) is 0 Å². The maximum Gasteiger partial charge on any atom is 0.261 e. The normalized spacial score (nSPS) is 13.9. The molecule has 3 aromatic rings. The van der Waals surface area contributed by atoms with Crippen LogP contribution in [-0.4, -0.2) is 47.8 Å². The van der Waals surface area contributed by atoms with Crippen LogP contribution in [0, 0.1) is 0 Å². The molecule has 190 valence electrons. The highest BCUT2D eigenvalue weighted by Gasteiger charge is 2.25. The molecule has 0 saturated carbocycles. The second-order valence-corrected chi connectivity index (χ2v) is 12.4. The largest absolute Gasteiger partial charge is 0.496 e. The molecular formula is C24H24BrN3O6S2. The Morgan fingerprint density at radius 3 is 1.86 bits per heavy atom. The number of amides is 1. The molecule has 9 nitrogen and oxygen atoms in total. The number of rotatable bonds is 8. The SMILES string of the molecule is COc1ccc(S(=O)(=O)Nc2ccc(S(=O)(=O)Nc3ccc(Br)cc3)cc2)cc1C(=O)N1CCCC1. The van der Waals surface area contributed by atoms with Crippen molar-refractivity contribution in [2.75, 3.05) is 29.6 Å². The zero-order valence-corrected chi connectivity index (χ0v) is 22.5. The summed E-state index contributed by atoms with van der Waals surface area (Å²) in [5.74, 6) is 0.00733. The third kappa shape index (κ3) is 5.82. The minimum Gasteiger partial charge on any atom is -0.496 e. The highest BCUT2D eigenvalue weighted by Crippen LogP contribution is 2.27. The highest BCUT2D eigenvalue weighted by molar-refractivity contribution is 9.10. The van der Waals surface area contributed by atoms with Gasteiger partial charge in [0.05, 0.1) is 22.5 Å². The number of sulfonamides is 2. The van der Waals surface area contributed by atoms with Gasteiger partial charge in [-0.1, -0.05) is 15.9 Å². The number of benzene rings is 3. The summed E-state index contributed by atoms with van der Waals surface area (Å²) in [6, 6.07) is 16.0. The fourth-order valence-electron chi connectivity index (χ4n) is 3.76. The molecule has 1 amide bonds. The number of nitrogens with one attached hydrogen (secondary N) is 2. The van der Waals surface area contributed by atoms with E-state index in [-0.39, 0.29) is 26.9 Å². The van der Waals surface area contributed by atoms with Crippen LogP contribution in [0.1, 0.15) is 23.2 Å². The minimum atomic E-state index is -4.06. The Kier molecular flexibility index (Phi) is 7.57. The lowest BCUT2D eigenvalue weighted by Gasteiger charge is -2.18. The summed E-state index contributed by atoms with van der Waals surface area (Å²) in [6.45, 7) is 1.23. The van der Waals surface area contributed by atoms with Gasteiger partial charge < -0.3 is 9.64 Å². The molecule has 0 unspecified atom stereocenters. The molecule has 1 fully saturated rings. The summed E-state index contributed by atoms with van der Waals surface area (Å²) < 4.78 is 62.4. The standard InChI is InChI=1S/C24H24BrN3O6S2/c1-34-23-13-12-21(16-22(23)24(29)28-14-2-3-15-28)36(32,33)27-19-8-10-20(11-9-19)35(30,31)26-18-6-4-17(25)5-7-18/h4-13,16,26-27H,2-3,14-15H2,1H3. The number of ether oxygens (including phenoxy) is 1. The maximum atomic E-state index is 13.0. The molecule has 0 spiro atoms. The third-order valence-corrected chi connectivity index (χ3v) is 8.92. The number of methoxy groups -OCH3 is 1. The fourth-order valence-corrected chi connectivity index (χ4v) is 6.17. The van der Waals surface area contributed by atoms with Crippen LogP contribution in [0.25, 0.3) is 0 Å².